The summed E-state index contributed by atoms with van der Waals surface area (Å²) < 4.78 is 61.3. The molecule has 0 radical (unpaired) electrons. The third kappa shape index (κ3) is 7.14. The van der Waals surface area contributed by atoms with Gasteiger partial charge in [-0.3, -0.25) is 10.1 Å². The van der Waals surface area contributed by atoms with Gasteiger partial charge in [0.25, 0.3) is 15.9 Å². The molecular formula is C39H41FN6O7S. The third-order valence-corrected chi connectivity index (χ3v) is 10.9. The first-order chi connectivity index (χ1) is 25.7. The number of aromatic nitrogens is 1. The summed E-state index contributed by atoms with van der Waals surface area (Å²) in [4.78, 5) is 35.6. The number of methoxy groups -OCH3 is 1. The Balaban J connectivity index is 1.37. The van der Waals surface area contributed by atoms with E-state index in [-0.39, 0.29) is 52.4 Å². The molecule has 1 unspecified atom stereocenters. The fourth-order valence-electron chi connectivity index (χ4n) is 6.57. The Morgan fingerprint density at radius 2 is 1.70 bits per heavy atom. The maximum atomic E-state index is 15.4. The van der Waals surface area contributed by atoms with Crippen LogP contribution in [0.2, 0.25) is 0 Å². The van der Waals surface area contributed by atoms with Crippen molar-refractivity contribution in [3.8, 4) is 17.7 Å². The third-order valence-electron chi connectivity index (χ3n) is 9.18. The number of hydrogen-bond donors (Lipinski definition) is 1. The molecule has 2 amide bonds. The Bertz CT molecular complexity index is 2200. The number of rotatable bonds is 10. The number of benzene rings is 3. The summed E-state index contributed by atoms with van der Waals surface area (Å²) in [6, 6.07) is 20.2. The number of halogens is 1. The SMILES string of the molecule is CCOc1ncccc1C1(NCc2ccc(N3CCN(C(=O)OC(C)(C)C)CC3)cc2)C(=O)N(S(=O)(=O)c2ccc(OC)cc2)c2cc(F)c(C#N)cc21. The van der Waals surface area contributed by atoms with Crippen LogP contribution < -0.4 is 24.0 Å². The lowest BCUT2D eigenvalue weighted by molar-refractivity contribution is -0.121. The number of sulfonamides is 1. The molecule has 6 rings (SSSR count). The molecule has 0 bridgehead atoms. The van der Waals surface area contributed by atoms with Crippen LogP contribution in [0.1, 0.15) is 49.9 Å². The predicted molar refractivity (Wildman–Crippen MR) is 198 cm³/mol. The molecule has 13 nitrogen and oxygen atoms in total. The highest BCUT2D eigenvalue weighted by molar-refractivity contribution is 7.93. The Morgan fingerprint density at radius 3 is 2.31 bits per heavy atom. The van der Waals surface area contributed by atoms with Crippen LogP contribution in [0.3, 0.4) is 0 Å². The largest absolute Gasteiger partial charge is 0.497 e. The Labute approximate surface area is 313 Å². The van der Waals surface area contributed by atoms with Crippen LogP contribution in [0.25, 0.3) is 0 Å². The van der Waals surface area contributed by atoms with E-state index in [0.29, 0.717) is 36.2 Å². The van der Waals surface area contributed by atoms with Crippen molar-refractivity contribution in [3.05, 3.63) is 107 Å². The molecule has 1 fully saturated rings. The first-order valence-electron chi connectivity index (χ1n) is 17.4. The molecule has 1 N–H and O–H groups in total. The van der Waals surface area contributed by atoms with Gasteiger partial charge >= 0.3 is 6.09 Å². The average molecular weight is 757 g/mol. The van der Waals surface area contributed by atoms with Gasteiger partial charge in [-0.2, -0.15) is 5.26 Å². The van der Waals surface area contributed by atoms with Gasteiger partial charge in [0.05, 0.1) is 29.9 Å². The number of amides is 2. The molecule has 0 saturated carbocycles. The molecule has 2 aliphatic rings. The number of piperazine rings is 1. The van der Waals surface area contributed by atoms with Crippen LogP contribution in [0.5, 0.6) is 11.6 Å². The van der Waals surface area contributed by atoms with Crippen molar-refractivity contribution in [1.82, 2.24) is 15.2 Å². The molecule has 15 heteroatoms. The van der Waals surface area contributed by atoms with Crippen LogP contribution in [-0.2, 0) is 31.6 Å². The molecule has 282 valence electrons. The van der Waals surface area contributed by atoms with Crippen LogP contribution in [-0.4, -0.2) is 75.8 Å². The van der Waals surface area contributed by atoms with Crippen molar-refractivity contribution in [2.45, 2.75) is 50.3 Å². The number of hydrogen-bond acceptors (Lipinski definition) is 11. The summed E-state index contributed by atoms with van der Waals surface area (Å²) in [6.07, 6.45) is 1.13. The van der Waals surface area contributed by atoms with Gasteiger partial charge in [-0.1, -0.05) is 12.1 Å². The minimum absolute atomic E-state index is 0.0357. The van der Waals surface area contributed by atoms with Gasteiger partial charge < -0.3 is 24.0 Å². The first kappa shape index (κ1) is 38.0. The standard InChI is InChI=1S/C39H41FN6O7S/c1-6-52-35-31(8-7-17-42-35)39(43-25-26-9-11-28(12-10-26)44-18-20-45(21-19-44)37(48)53-38(2,3)4)32-22-27(24-41)33(40)23-34(32)46(36(39)47)54(49,50)30-15-13-29(51-5)14-16-30/h7-17,22-23,43H,6,18-21,25H2,1-5H3. The summed E-state index contributed by atoms with van der Waals surface area (Å²) in [5.74, 6) is -1.50. The zero-order valence-corrected chi connectivity index (χ0v) is 31.4. The van der Waals surface area contributed by atoms with E-state index >= 15 is 9.18 Å². The monoisotopic (exact) mass is 756 g/mol. The highest BCUT2D eigenvalue weighted by atomic mass is 32.2. The summed E-state index contributed by atoms with van der Waals surface area (Å²) in [7, 11) is -3.21. The number of anilines is 2. The summed E-state index contributed by atoms with van der Waals surface area (Å²) in [5, 5.41) is 13.2. The Morgan fingerprint density at radius 1 is 1.02 bits per heavy atom. The van der Waals surface area contributed by atoms with Crippen molar-refractivity contribution in [3.63, 3.8) is 0 Å². The number of nitriles is 1. The van der Waals surface area contributed by atoms with E-state index in [9.17, 15) is 18.5 Å². The van der Waals surface area contributed by atoms with E-state index in [1.54, 1.807) is 24.0 Å². The number of fused-ring (bicyclic) bond motifs is 1. The fourth-order valence-corrected chi connectivity index (χ4v) is 8.03. The smallest absolute Gasteiger partial charge is 0.410 e. The predicted octanol–water partition coefficient (Wildman–Crippen LogP) is 5.33. The lowest BCUT2D eigenvalue weighted by Crippen LogP contribution is -2.52. The minimum atomic E-state index is -4.65. The van der Waals surface area contributed by atoms with E-state index in [4.69, 9.17) is 14.2 Å². The maximum Gasteiger partial charge on any atom is 0.410 e. The molecule has 0 aliphatic carbocycles. The first-order valence-corrected chi connectivity index (χ1v) is 18.8. The van der Waals surface area contributed by atoms with Crippen molar-refractivity contribution in [1.29, 1.82) is 5.26 Å². The van der Waals surface area contributed by atoms with Gasteiger partial charge in [0, 0.05) is 61.8 Å². The van der Waals surface area contributed by atoms with E-state index in [1.165, 1.54) is 43.6 Å². The van der Waals surface area contributed by atoms with Gasteiger partial charge in [-0.05, 0) is 87.9 Å². The summed E-state index contributed by atoms with van der Waals surface area (Å²) in [5.41, 5.74) is -1.33. The normalized spacial score (nSPS) is 17.2. The van der Waals surface area contributed by atoms with Gasteiger partial charge in [0.15, 0.2) is 5.54 Å². The van der Waals surface area contributed by atoms with Gasteiger partial charge in [-0.15, -0.1) is 0 Å². The van der Waals surface area contributed by atoms with E-state index in [2.05, 4.69) is 15.2 Å². The highest BCUT2D eigenvalue weighted by Crippen LogP contribution is 2.49. The van der Waals surface area contributed by atoms with E-state index < -0.39 is 32.9 Å². The number of nitrogens with one attached hydrogen (secondary N) is 1. The molecule has 0 spiro atoms. The minimum Gasteiger partial charge on any atom is -0.497 e. The molecule has 1 aromatic heterocycles. The number of carbonyl (C=O) groups is 2. The average Bonchev–Trinajstić information content (AvgIpc) is 3.40. The number of ether oxygens (including phenoxy) is 3. The molecular weight excluding hydrogens is 716 g/mol. The number of carbonyl (C=O) groups excluding carboxylic acids is 2. The number of nitrogens with zero attached hydrogens (tertiary/aromatic N) is 5. The molecule has 54 heavy (non-hydrogen) atoms. The summed E-state index contributed by atoms with van der Waals surface area (Å²) >= 11 is 0. The van der Waals surface area contributed by atoms with E-state index in [0.717, 1.165) is 17.3 Å². The second-order valence-corrected chi connectivity index (χ2v) is 15.5. The topological polar surface area (TPSA) is 154 Å². The maximum absolute atomic E-state index is 15.4. The second-order valence-electron chi connectivity index (χ2n) is 13.7. The van der Waals surface area contributed by atoms with Crippen molar-refractivity contribution in [2.24, 2.45) is 0 Å². The molecule has 3 heterocycles. The Hall–Kier alpha value is -5.72. The highest BCUT2D eigenvalue weighted by Gasteiger charge is 2.58. The van der Waals surface area contributed by atoms with Crippen molar-refractivity contribution in [2.75, 3.05) is 49.1 Å². The molecule has 1 saturated heterocycles. The van der Waals surface area contributed by atoms with Gasteiger partial charge in [-0.25, -0.2) is 26.9 Å². The van der Waals surface area contributed by atoms with E-state index in [1.807, 2.05) is 51.1 Å². The molecule has 2 aliphatic heterocycles. The zero-order chi connectivity index (χ0) is 38.8. The molecule has 1 atom stereocenters. The van der Waals surface area contributed by atoms with Gasteiger partial charge in [0.1, 0.15) is 23.2 Å². The lowest BCUT2D eigenvalue weighted by atomic mass is 9.83. The fraction of sp³-hybridized carbons (Fsp3) is 0.333. The summed E-state index contributed by atoms with van der Waals surface area (Å²) in [6.45, 7) is 9.64. The van der Waals surface area contributed by atoms with Crippen LogP contribution in [0.15, 0.2) is 83.9 Å². The molecule has 3 aromatic carbocycles. The van der Waals surface area contributed by atoms with Crippen LogP contribution >= 0.6 is 0 Å². The van der Waals surface area contributed by atoms with Crippen LogP contribution in [0, 0.1) is 17.1 Å². The quantitative estimate of drug-likeness (QED) is 0.224. The number of pyridine rings is 1. The van der Waals surface area contributed by atoms with Crippen molar-refractivity contribution < 1.29 is 36.6 Å². The van der Waals surface area contributed by atoms with Crippen molar-refractivity contribution >= 4 is 33.4 Å². The second kappa shape index (κ2) is 15.0. The molecule has 4 aromatic rings. The Kier molecular flexibility index (Phi) is 10.5. The van der Waals surface area contributed by atoms with Gasteiger partial charge in [0.2, 0.25) is 5.88 Å². The lowest BCUT2D eigenvalue weighted by Gasteiger charge is -2.36. The zero-order valence-electron chi connectivity index (χ0n) is 30.6. The van der Waals surface area contributed by atoms with Crippen LogP contribution in [0.4, 0.5) is 20.6 Å².